The van der Waals surface area contributed by atoms with Gasteiger partial charge in [-0.25, -0.2) is 0 Å². The standard InChI is InChI=1S/C11H16O2/c1-2-9(6-7-12)10-4-3-5-11(13)8-10/h3-5,8-9,12-13H,2,6-7H2,1H3. The molecule has 1 rings (SSSR count). The van der Waals surface area contributed by atoms with Gasteiger partial charge in [-0.15, -0.1) is 0 Å². The predicted octanol–water partition coefficient (Wildman–Crippen LogP) is 2.27. The van der Waals surface area contributed by atoms with Gasteiger partial charge in [0.05, 0.1) is 0 Å². The Balaban J connectivity index is 2.78. The van der Waals surface area contributed by atoms with Gasteiger partial charge in [-0.2, -0.15) is 0 Å². The van der Waals surface area contributed by atoms with Crippen LogP contribution in [0.2, 0.25) is 0 Å². The molecule has 0 aliphatic rings. The van der Waals surface area contributed by atoms with Gasteiger partial charge in [-0.1, -0.05) is 19.1 Å². The molecule has 0 amide bonds. The quantitative estimate of drug-likeness (QED) is 0.746. The van der Waals surface area contributed by atoms with E-state index < -0.39 is 0 Å². The largest absolute Gasteiger partial charge is 0.508 e. The molecule has 0 aliphatic carbocycles. The molecule has 2 nitrogen and oxygen atoms in total. The molecule has 0 saturated heterocycles. The molecule has 2 N–H and O–H groups in total. The molecule has 72 valence electrons. The Kier molecular flexibility index (Phi) is 3.77. The number of hydrogen-bond acceptors (Lipinski definition) is 2. The molecule has 0 bridgehead atoms. The third-order valence-corrected chi connectivity index (χ3v) is 2.31. The number of benzene rings is 1. The summed E-state index contributed by atoms with van der Waals surface area (Å²) in [5, 5.41) is 18.1. The van der Waals surface area contributed by atoms with Crippen LogP contribution in [0, 0.1) is 0 Å². The van der Waals surface area contributed by atoms with Gasteiger partial charge in [0.15, 0.2) is 0 Å². The van der Waals surface area contributed by atoms with Crippen molar-refractivity contribution < 1.29 is 10.2 Å². The highest BCUT2D eigenvalue weighted by Crippen LogP contribution is 2.25. The Morgan fingerprint density at radius 2 is 2.15 bits per heavy atom. The number of aliphatic hydroxyl groups is 1. The van der Waals surface area contributed by atoms with Gasteiger partial charge in [-0.05, 0) is 36.5 Å². The molecular formula is C11H16O2. The normalized spacial score (nSPS) is 12.8. The SMILES string of the molecule is CCC(CCO)c1cccc(O)c1. The zero-order valence-electron chi connectivity index (χ0n) is 7.90. The number of phenolic OH excluding ortho intramolecular Hbond substituents is 1. The molecule has 0 spiro atoms. The fraction of sp³-hybridized carbons (Fsp3) is 0.455. The summed E-state index contributed by atoms with van der Waals surface area (Å²) in [6.07, 6.45) is 1.75. The summed E-state index contributed by atoms with van der Waals surface area (Å²) in [6, 6.07) is 7.26. The molecule has 1 atom stereocenters. The molecule has 1 aromatic rings. The molecule has 0 aliphatic heterocycles. The van der Waals surface area contributed by atoms with Crippen molar-refractivity contribution in [1.29, 1.82) is 0 Å². The zero-order chi connectivity index (χ0) is 9.68. The van der Waals surface area contributed by atoms with E-state index in [1.807, 2.05) is 12.1 Å². The molecule has 1 unspecified atom stereocenters. The lowest BCUT2D eigenvalue weighted by Crippen LogP contribution is -1.99. The predicted molar refractivity (Wildman–Crippen MR) is 52.8 cm³/mol. The minimum absolute atomic E-state index is 0.203. The van der Waals surface area contributed by atoms with Crippen LogP contribution in [0.5, 0.6) is 5.75 Å². The van der Waals surface area contributed by atoms with E-state index in [0.717, 1.165) is 18.4 Å². The highest BCUT2D eigenvalue weighted by Gasteiger charge is 2.08. The van der Waals surface area contributed by atoms with Crippen molar-refractivity contribution in [2.45, 2.75) is 25.7 Å². The molecule has 13 heavy (non-hydrogen) atoms. The number of rotatable bonds is 4. The van der Waals surface area contributed by atoms with E-state index in [9.17, 15) is 5.11 Å². The Bertz CT molecular complexity index is 258. The van der Waals surface area contributed by atoms with Crippen LogP contribution in [0.3, 0.4) is 0 Å². The lowest BCUT2D eigenvalue weighted by atomic mass is 9.93. The molecule has 0 saturated carbocycles. The average molecular weight is 180 g/mol. The van der Waals surface area contributed by atoms with Gasteiger partial charge >= 0.3 is 0 Å². The number of aromatic hydroxyl groups is 1. The number of phenols is 1. The van der Waals surface area contributed by atoms with E-state index in [-0.39, 0.29) is 6.61 Å². The van der Waals surface area contributed by atoms with Gasteiger partial charge in [0.1, 0.15) is 5.75 Å². The van der Waals surface area contributed by atoms with E-state index in [2.05, 4.69) is 6.92 Å². The summed E-state index contributed by atoms with van der Waals surface area (Å²) >= 11 is 0. The van der Waals surface area contributed by atoms with Crippen molar-refractivity contribution in [1.82, 2.24) is 0 Å². The molecule has 0 aromatic heterocycles. The maximum Gasteiger partial charge on any atom is 0.115 e. The lowest BCUT2D eigenvalue weighted by molar-refractivity contribution is 0.274. The highest BCUT2D eigenvalue weighted by molar-refractivity contribution is 5.29. The first kappa shape index (κ1) is 10.1. The highest BCUT2D eigenvalue weighted by atomic mass is 16.3. The van der Waals surface area contributed by atoms with Crippen LogP contribution in [0.25, 0.3) is 0 Å². The Morgan fingerprint density at radius 3 is 2.69 bits per heavy atom. The third kappa shape index (κ3) is 2.74. The van der Waals surface area contributed by atoms with Crippen LogP contribution in [-0.2, 0) is 0 Å². The summed E-state index contributed by atoms with van der Waals surface area (Å²) in [4.78, 5) is 0. The van der Waals surface area contributed by atoms with E-state index in [1.165, 1.54) is 0 Å². The van der Waals surface area contributed by atoms with E-state index >= 15 is 0 Å². The maximum atomic E-state index is 9.26. The first-order valence-corrected chi connectivity index (χ1v) is 4.67. The minimum Gasteiger partial charge on any atom is -0.508 e. The summed E-state index contributed by atoms with van der Waals surface area (Å²) in [7, 11) is 0. The Hall–Kier alpha value is -1.02. The van der Waals surface area contributed by atoms with E-state index in [0.29, 0.717) is 11.7 Å². The van der Waals surface area contributed by atoms with Gasteiger partial charge < -0.3 is 10.2 Å². The van der Waals surface area contributed by atoms with Crippen LogP contribution in [0.1, 0.15) is 31.2 Å². The van der Waals surface area contributed by atoms with Crippen molar-refractivity contribution >= 4 is 0 Å². The molecule has 1 aromatic carbocycles. The van der Waals surface area contributed by atoms with Gasteiger partial charge in [0.25, 0.3) is 0 Å². The fourth-order valence-corrected chi connectivity index (χ4v) is 1.54. The number of hydrogen-bond donors (Lipinski definition) is 2. The lowest BCUT2D eigenvalue weighted by Gasteiger charge is -2.13. The summed E-state index contributed by atoms with van der Waals surface area (Å²) in [5.74, 6) is 0.658. The first-order valence-electron chi connectivity index (χ1n) is 4.67. The van der Waals surface area contributed by atoms with E-state index in [1.54, 1.807) is 12.1 Å². The monoisotopic (exact) mass is 180 g/mol. The van der Waals surface area contributed by atoms with Crippen LogP contribution < -0.4 is 0 Å². The Morgan fingerprint density at radius 1 is 1.38 bits per heavy atom. The second-order valence-corrected chi connectivity index (χ2v) is 3.21. The third-order valence-electron chi connectivity index (χ3n) is 2.31. The van der Waals surface area contributed by atoms with Crippen molar-refractivity contribution in [3.63, 3.8) is 0 Å². The van der Waals surface area contributed by atoms with Crippen LogP contribution in [0.4, 0.5) is 0 Å². The fourth-order valence-electron chi connectivity index (χ4n) is 1.54. The van der Waals surface area contributed by atoms with E-state index in [4.69, 9.17) is 5.11 Å². The van der Waals surface area contributed by atoms with Gasteiger partial charge in [0, 0.05) is 6.61 Å². The molecule has 2 heteroatoms. The molecule has 0 radical (unpaired) electrons. The Labute approximate surface area is 78.8 Å². The zero-order valence-corrected chi connectivity index (χ0v) is 7.90. The number of aliphatic hydroxyl groups excluding tert-OH is 1. The van der Waals surface area contributed by atoms with Gasteiger partial charge in [-0.3, -0.25) is 0 Å². The summed E-state index contributed by atoms with van der Waals surface area (Å²) in [6.45, 7) is 2.29. The van der Waals surface area contributed by atoms with Crippen molar-refractivity contribution in [2.24, 2.45) is 0 Å². The van der Waals surface area contributed by atoms with Crippen LogP contribution in [0.15, 0.2) is 24.3 Å². The molecule has 0 heterocycles. The second kappa shape index (κ2) is 4.87. The average Bonchev–Trinajstić information content (AvgIpc) is 2.14. The van der Waals surface area contributed by atoms with Gasteiger partial charge in [0.2, 0.25) is 0 Å². The van der Waals surface area contributed by atoms with Crippen molar-refractivity contribution in [3.8, 4) is 5.75 Å². The van der Waals surface area contributed by atoms with Crippen molar-refractivity contribution in [3.05, 3.63) is 29.8 Å². The maximum absolute atomic E-state index is 9.26. The van der Waals surface area contributed by atoms with Crippen LogP contribution in [-0.4, -0.2) is 16.8 Å². The second-order valence-electron chi connectivity index (χ2n) is 3.21. The minimum atomic E-state index is 0.203. The topological polar surface area (TPSA) is 40.5 Å². The first-order chi connectivity index (χ1) is 6.27. The summed E-state index contributed by atoms with van der Waals surface area (Å²) in [5.41, 5.74) is 1.11. The summed E-state index contributed by atoms with van der Waals surface area (Å²) < 4.78 is 0. The smallest absolute Gasteiger partial charge is 0.115 e. The van der Waals surface area contributed by atoms with Crippen molar-refractivity contribution in [2.75, 3.05) is 6.61 Å². The molecule has 0 fully saturated rings. The molecular weight excluding hydrogens is 164 g/mol. The van der Waals surface area contributed by atoms with Crippen LogP contribution >= 0.6 is 0 Å².